The van der Waals surface area contributed by atoms with E-state index in [1.165, 1.54) is 0 Å². The number of amides is 2. The summed E-state index contributed by atoms with van der Waals surface area (Å²) in [5, 5.41) is 14.8. The zero-order valence-corrected chi connectivity index (χ0v) is 12.2. The Balaban J connectivity index is 2.63. The quantitative estimate of drug-likeness (QED) is 0.783. The van der Waals surface area contributed by atoms with Crippen LogP contribution in [-0.4, -0.2) is 23.8 Å². The van der Waals surface area contributed by atoms with Gasteiger partial charge >= 0.3 is 6.03 Å². The van der Waals surface area contributed by atoms with Gasteiger partial charge in [0.1, 0.15) is 0 Å². The molecule has 1 rings (SSSR count). The van der Waals surface area contributed by atoms with E-state index in [4.69, 9.17) is 5.11 Å². The third-order valence-corrected chi connectivity index (χ3v) is 3.04. The van der Waals surface area contributed by atoms with Crippen molar-refractivity contribution < 1.29 is 9.90 Å². The van der Waals surface area contributed by atoms with Crippen molar-refractivity contribution in [2.24, 2.45) is 5.41 Å². The lowest BCUT2D eigenvalue weighted by atomic mass is 9.85. The Morgan fingerprint density at radius 2 is 2.05 bits per heavy atom. The zero-order valence-electron chi connectivity index (χ0n) is 12.2. The van der Waals surface area contributed by atoms with Gasteiger partial charge in [-0.05, 0) is 36.5 Å². The van der Waals surface area contributed by atoms with E-state index >= 15 is 0 Å². The molecule has 0 aliphatic rings. The molecule has 0 bridgehead atoms. The van der Waals surface area contributed by atoms with Gasteiger partial charge in [0.25, 0.3) is 0 Å². The van der Waals surface area contributed by atoms with Crippen molar-refractivity contribution in [1.29, 1.82) is 0 Å². The minimum atomic E-state index is -0.237. The maximum atomic E-state index is 12.0. The third-order valence-electron chi connectivity index (χ3n) is 3.04. The second-order valence-electron chi connectivity index (χ2n) is 5.90. The number of urea groups is 1. The summed E-state index contributed by atoms with van der Waals surface area (Å²) < 4.78 is 0. The smallest absolute Gasteiger partial charge is 0.319 e. The molecule has 0 spiro atoms. The summed E-state index contributed by atoms with van der Waals surface area (Å²) in [6, 6.07) is 7.34. The molecule has 0 saturated carbocycles. The van der Waals surface area contributed by atoms with Crippen molar-refractivity contribution in [3.8, 4) is 0 Å². The van der Waals surface area contributed by atoms with Gasteiger partial charge in [-0.15, -0.1) is 0 Å². The fourth-order valence-corrected chi connectivity index (χ4v) is 1.90. The van der Waals surface area contributed by atoms with E-state index in [1.54, 1.807) is 0 Å². The van der Waals surface area contributed by atoms with Gasteiger partial charge in [-0.3, -0.25) is 0 Å². The van der Waals surface area contributed by atoms with Crippen molar-refractivity contribution in [3.05, 3.63) is 29.8 Å². The Morgan fingerprint density at radius 3 is 2.58 bits per heavy atom. The largest absolute Gasteiger partial charge is 0.396 e. The average Bonchev–Trinajstić information content (AvgIpc) is 2.27. The van der Waals surface area contributed by atoms with E-state index in [-0.39, 0.29) is 24.1 Å². The summed E-state index contributed by atoms with van der Waals surface area (Å²) in [6.07, 6.45) is 0.546. The number of carbonyl (C=O) groups excluding carboxylic acids is 1. The average molecular weight is 264 g/mol. The molecule has 0 radical (unpaired) electrons. The van der Waals surface area contributed by atoms with Crippen LogP contribution in [0.4, 0.5) is 10.5 Å². The maximum Gasteiger partial charge on any atom is 0.319 e. The Bertz CT molecular complexity index is 424. The summed E-state index contributed by atoms with van der Waals surface area (Å²) in [4.78, 5) is 12.0. The Kier molecular flexibility index (Phi) is 5.36. The number of hydrogen-bond donors (Lipinski definition) is 3. The van der Waals surface area contributed by atoms with Gasteiger partial charge < -0.3 is 15.7 Å². The standard InChI is InChI=1S/C15H24N2O2/c1-11-6-5-7-12(10-11)16-14(19)17-13(8-9-18)15(2,3)4/h5-7,10,13,18H,8-9H2,1-4H3,(H2,16,17,19)/t13-/m0/s1. The van der Waals surface area contributed by atoms with E-state index < -0.39 is 0 Å². The Morgan fingerprint density at radius 1 is 1.37 bits per heavy atom. The van der Waals surface area contributed by atoms with Crippen LogP contribution in [0, 0.1) is 12.3 Å². The molecule has 2 amide bonds. The molecule has 106 valence electrons. The fourth-order valence-electron chi connectivity index (χ4n) is 1.90. The summed E-state index contributed by atoms with van der Waals surface area (Å²) in [5.74, 6) is 0. The Labute approximate surface area is 115 Å². The number of aryl methyl sites for hydroxylation is 1. The molecule has 0 aliphatic carbocycles. The molecule has 0 aliphatic heterocycles. The topological polar surface area (TPSA) is 61.4 Å². The summed E-state index contributed by atoms with van der Waals surface area (Å²) in [5.41, 5.74) is 1.78. The predicted octanol–water partition coefficient (Wildman–Crippen LogP) is 2.91. The molecule has 4 nitrogen and oxygen atoms in total. The van der Waals surface area contributed by atoms with E-state index in [1.807, 2.05) is 52.0 Å². The lowest BCUT2D eigenvalue weighted by Gasteiger charge is -2.31. The number of aliphatic hydroxyl groups excluding tert-OH is 1. The second kappa shape index (κ2) is 6.57. The highest BCUT2D eigenvalue weighted by atomic mass is 16.3. The first-order valence-electron chi connectivity index (χ1n) is 6.58. The molecule has 1 atom stereocenters. The van der Waals surface area contributed by atoms with Gasteiger partial charge in [0.2, 0.25) is 0 Å². The minimum Gasteiger partial charge on any atom is -0.396 e. The normalized spacial score (nSPS) is 12.9. The van der Waals surface area contributed by atoms with Crippen molar-refractivity contribution in [1.82, 2.24) is 5.32 Å². The minimum absolute atomic E-state index is 0.0622. The van der Waals surface area contributed by atoms with Crippen LogP contribution in [-0.2, 0) is 0 Å². The number of nitrogens with one attached hydrogen (secondary N) is 2. The van der Waals surface area contributed by atoms with Crippen molar-refractivity contribution in [2.45, 2.75) is 40.2 Å². The number of carbonyl (C=O) groups is 1. The van der Waals surface area contributed by atoms with Crippen LogP contribution in [0.3, 0.4) is 0 Å². The van der Waals surface area contributed by atoms with Crippen molar-refractivity contribution in [3.63, 3.8) is 0 Å². The fraction of sp³-hybridized carbons (Fsp3) is 0.533. The lowest BCUT2D eigenvalue weighted by molar-refractivity contribution is 0.194. The highest BCUT2D eigenvalue weighted by Gasteiger charge is 2.25. The van der Waals surface area contributed by atoms with E-state index in [0.717, 1.165) is 11.3 Å². The van der Waals surface area contributed by atoms with Gasteiger partial charge in [0.05, 0.1) is 0 Å². The number of anilines is 1. The highest BCUT2D eigenvalue weighted by molar-refractivity contribution is 5.89. The molecular weight excluding hydrogens is 240 g/mol. The van der Waals surface area contributed by atoms with E-state index in [0.29, 0.717) is 6.42 Å². The van der Waals surface area contributed by atoms with Crippen LogP contribution >= 0.6 is 0 Å². The third kappa shape index (κ3) is 5.30. The first-order valence-corrected chi connectivity index (χ1v) is 6.58. The second-order valence-corrected chi connectivity index (χ2v) is 5.90. The van der Waals surface area contributed by atoms with E-state index in [2.05, 4.69) is 10.6 Å². The van der Waals surface area contributed by atoms with Gasteiger partial charge in [-0.1, -0.05) is 32.9 Å². The molecular formula is C15H24N2O2. The van der Waals surface area contributed by atoms with Gasteiger partial charge in [0, 0.05) is 18.3 Å². The Hall–Kier alpha value is -1.55. The molecule has 0 saturated heterocycles. The number of aliphatic hydroxyl groups is 1. The molecule has 0 unspecified atom stereocenters. The molecule has 0 aromatic heterocycles. The SMILES string of the molecule is Cc1cccc(NC(=O)N[C@@H](CCO)C(C)(C)C)c1. The van der Waals surface area contributed by atoms with Crippen LogP contribution in [0.2, 0.25) is 0 Å². The zero-order chi connectivity index (χ0) is 14.5. The number of benzene rings is 1. The summed E-state index contributed by atoms with van der Waals surface area (Å²) >= 11 is 0. The van der Waals surface area contributed by atoms with Crippen LogP contribution < -0.4 is 10.6 Å². The lowest BCUT2D eigenvalue weighted by Crippen LogP contribution is -2.46. The highest BCUT2D eigenvalue weighted by Crippen LogP contribution is 2.21. The first kappa shape index (κ1) is 15.5. The molecule has 4 heteroatoms. The monoisotopic (exact) mass is 264 g/mol. The van der Waals surface area contributed by atoms with Crippen molar-refractivity contribution in [2.75, 3.05) is 11.9 Å². The van der Waals surface area contributed by atoms with Crippen LogP contribution in [0.1, 0.15) is 32.8 Å². The predicted molar refractivity (Wildman–Crippen MR) is 78.3 cm³/mol. The van der Waals surface area contributed by atoms with Crippen LogP contribution in [0.25, 0.3) is 0 Å². The van der Waals surface area contributed by atoms with Crippen LogP contribution in [0.5, 0.6) is 0 Å². The number of rotatable bonds is 4. The van der Waals surface area contributed by atoms with Gasteiger partial charge in [-0.25, -0.2) is 4.79 Å². The molecule has 3 N–H and O–H groups in total. The molecule has 1 aromatic carbocycles. The van der Waals surface area contributed by atoms with E-state index in [9.17, 15) is 4.79 Å². The van der Waals surface area contributed by atoms with Crippen LogP contribution in [0.15, 0.2) is 24.3 Å². The summed E-state index contributed by atoms with van der Waals surface area (Å²) in [7, 11) is 0. The molecule has 0 fully saturated rings. The number of hydrogen-bond acceptors (Lipinski definition) is 2. The van der Waals surface area contributed by atoms with Gasteiger partial charge in [-0.2, -0.15) is 0 Å². The maximum absolute atomic E-state index is 12.0. The summed E-state index contributed by atoms with van der Waals surface area (Å²) in [6.45, 7) is 8.17. The molecule has 1 aromatic rings. The first-order chi connectivity index (χ1) is 8.82. The molecule has 19 heavy (non-hydrogen) atoms. The van der Waals surface area contributed by atoms with Gasteiger partial charge in [0.15, 0.2) is 0 Å². The van der Waals surface area contributed by atoms with Crippen molar-refractivity contribution >= 4 is 11.7 Å². The molecule has 0 heterocycles.